The van der Waals surface area contributed by atoms with Crippen LogP contribution in [0.4, 0.5) is 0 Å². The zero-order valence-corrected chi connectivity index (χ0v) is 16.2. The van der Waals surface area contributed by atoms with Gasteiger partial charge in [-0.3, -0.25) is 9.59 Å². The van der Waals surface area contributed by atoms with Crippen molar-refractivity contribution in [2.75, 3.05) is 0 Å². The lowest BCUT2D eigenvalue weighted by molar-refractivity contribution is -0.121. The number of benzene rings is 3. The Kier molecular flexibility index (Phi) is 5.40. The molecule has 1 atom stereocenters. The van der Waals surface area contributed by atoms with Gasteiger partial charge in [-0.15, -0.1) is 0 Å². The molecule has 3 aromatic carbocycles. The van der Waals surface area contributed by atoms with Gasteiger partial charge in [-0.1, -0.05) is 72.3 Å². The maximum atomic E-state index is 12.9. The molecular weight excluding hydrogens is 386 g/mol. The number of amides is 1. The summed E-state index contributed by atoms with van der Waals surface area (Å²) in [6.45, 7) is 0. The van der Waals surface area contributed by atoms with E-state index in [0.717, 1.165) is 11.1 Å². The summed E-state index contributed by atoms with van der Waals surface area (Å²) in [6.07, 6.45) is 0.0498. The third kappa shape index (κ3) is 4.20. The van der Waals surface area contributed by atoms with E-state index in [1.54, 1.807) is 30.3 Å². The molecule has 0 bridgehead atoms. The van der Waals surface area contributed by atoms with E-state index >= 15 is 0 Å². The lowest BCUT2D eigenvalue weighted by Gasteiger charge is -2.20. The Morgan fingerprint density at radius 2 is 1.52 bits per heavy atom. The number of H-pyrrole nitrogens is 1. The van der Waals surface area contributed by atoms with E-state index in [1.165, 1.54) is 0 Å². The Morgan fingerprint density at radius 1 is 0.897 bits per heavy atom. The van der Waals surface area contributed by atoms with Crippen LogP contribution in [0.2, 0.25) is 5.02 Å². The maximum Gasteiger partial charge on any atom is 0.272 e. The summed E-state index contributed by atoms with van der Waals surface area (Å²) in [4.78, 5) is 24.9. The van der Waals surface area contributed by atoms with Crippen molar-refractivity contribution in [3.05, 3.63) is 111 Å². The van der Waals surface area contributed by atoms with Crippen LogP contribution in [0.3, 0.4) is 0 Å². The first-order valence-corrected chi connectivity index (χ1v) is 9.55. The third-order valence-corrected chi connectivity index (χ3v) is 5.00. The first-order chi connectivity index (χ1) is 14.1. The highest BCUT2D eigenvalue weighted by Crippen LogP contribution is 2.24. The Bertz CT molecular complexity index is 1200. The molecule has 0 spiro atoms. The number of nitrogens with zero attached hydrogens (tertiary/aromatic N) is 1. The second-order valence-electron chi connectivity index (χ2n) is 6.68. The van der Waals surface area contributed by atoms with Gasteiger partial charge in [0, 0.05) is 10.4 Å². The molecular formula is C23H18ClN3O2. The van der Waals surface area contributed by atoms with Gasteiger partial charge in [0.05, 0.1) is 23.5 Å². The summed E-state index contributed by atoms with van der Waals surface area (Å²) in [7, 11) is 0. The van der Waals surface area contributed by atoms with Gasteiger partial charge in [-0.05, 0) is 29.3 Å². The molecule has 4 aromatic rings. The van der Waals surface area contributed by atoms with Crippen LogP contribution in [0.1, 0.15) is 22.9 Å². The number of hydrogen-bond donors (Lipinski definition) is 2. The molecule has 0 radical (unpaired) electrons. The van der Waals surface area contributed by atoms with Crippen LogP contribution in [0, 0.1) is 0 Å². The van der Waals surface area contributed by atoms with E-state index < -0.39 is 0 Å². The molecule has 0 aliphatic rings. The van der Waals surface area contributed by atoms with Crippen LogP contribution < -0.4 is 10.9 Å². The first-order valence-electron chi connectivity index (χ1n) is 9.18. The zero-order valence-electron chi connectivity index (χ0n) is 15.4. The quantitative estimate of drug-likeness (QED) is 0.528. The molecule has 5 nitrogen and oxygen atoms in total. The van der Waals surface area contributed by atoms with Gasteiger partial charge in [0.25, 0.3) is 5.56 Å². The van der Waals surface area contributed by atoms with Crippen molar-refractivity contribution in [2.24, 2.45) is 0 Å². The van der Waals surface area contributed by atoms with Crippen molar-refractivity contribution in [1.82, 2.24) is 15.5 Å². The topological polar surface area (TPSA) is 74.8 Å². The maximum absolute atomic E-state index is 12.9. The molecule has 2 N–H and O–H groups in total. The van der Waals surface area contributed by atoms with Crippen LogP contribution in [-0.2, 0) is 11.2 Å². The second kappa shape index (κ2) is 8.29. The van der Waals surface area contributed by atoms with Crippen molar-refractivity contribution < 1.29 is 4.79 Å². The fourth-order valence-electron chi connectivity index (χ4n) is 3.33. The summed E-state index contributed by atoms with van der Waals surface area (Å²) >= 11 is 6.02. The molecule has 4 rings (SSSR count). The Morgan fingerprint density at radius 3 is 2.24 bits per heavy atom. The monoisotopic (exact) mass is 403 g/mol. The lowest BCUT2D eigenvalue weighted by atomic mass is 9.98. The zero-order chi connectivity index (χ0) is 20.2. The van der Waals surface area contributed by atoms with Crippen LogP contribution in [0.25, 0.3) is 10.8 Å². The van der Waals surface area contributed by atoms with E-state index in [-0.39, 0.29) is 23.9 Å². The first kappa shape index (κ1) is 18.9. The van der Waals surface area contributed by atoms with Crippen molar-refractivity contribution in [1.29, 1.82) is 0 Å². The smallest absolute Gasteiger partial charge is 0.272 e. The van der Waals surface area contributed by atoms with Crippen molar-refractivity contribution in [2.45, 2.75) is 12.5 Å². The normalized spacial score (nSPS) is 11.9. The van der Waals surface area contributed by atoms with Gasteiger partial charge >= 0.3 is 0 Å². The number of hydrogen-bond acceptors (Lipinski definition) is 3. The van der Waals surface area contributed by atoms with Crippen molar-refractivity contribution >= 4 is 28.3 Å². The van der Waals surface area contributed by atoms with Crippen molar-refractivity contribution in [3.8, 4) is 0 Å². The average Bonchev–Trinajstić information content (AvgIpc) is 2.76. The molecule has 6 heteroatoms. The number of carbonyl (C=O) groups excluding carboxylic acids is 1. The third-order valence-electron chi connectivity index (χ3n) is 4.74. The summed E-state index contributed by atoms with van der Waals surface area (Å²) in [6, 6.07) is 23.9. The van der Waals surface area contributed by atoms with Crippen LogP contribution in [0.15, 0.2) is 83.7 Å². The second-order valence-corrected chi connectivity index (χ2v) is 7.12. The predicted molar refractivity (Wildman–Crippen MR) is 114 cm³/mol. The predicted octanol–water partition coefficient (Wildman–Crippen LogP) is 4.02. The molecule has 144 valence electrons. The highest BCUT2D eigenvalue weighted by Gasteiger charge is 2.18. The molecule has 0 saturated carbocycles. The number of halogens is 1. The molecule has 1 aromatic heterocycles. The summed E-state index contributed by atoms with van der Waals surface area (Å²) in [5.74, 6) is -0.196. The molecule has 0 aliphatic heterocycles. The van der Waals surface area contributed by atoms with E-state index in [2.05, 4.69) is 15.5 Å². The summed E-state index contributed by atoms with van der Waals surface area (Å²) in [5, 5.41) is 11.5. The minimum atomic E-state index is -0.324. The number of fused-ring (bicyclic) bond motifs is 1. The van der Waals surface area contributed by atoms with Crippen LogP contribution in [-0.4, -0.2) is 16.1 Å². The highest BCUT2D eigenvalue weighted by molar-refractivity contribution is 6.30. The minimum absolute atomic E-state index is 0.0498. The Balaban J connectivity index is 1.63. The van der Waals surface area contributed by atoms with Gasteiger partial charge < -0.3 is 5.32 Å². The number of aromatic amines is 1. The molecule has 0 fully saturated rings. The largest absolute Gasteiger partial charge is 0.345 e. The SMILES string of the molecule is O=C(Cc1n[nH]c(=O)c2ccccc12)NC(c1ccccc1)c1ccc(Cl)cc1. The standard InChI is InChI=1S/C23H18ClN3O2/c24-17-12-10-16(11-13-17)22(15-6-2-1-3-7-15)25-21(28)14-20-18-8-4-5-9-19(18)23(29)27-26-20/h1-13,22H,14H2,(H,25,28)(H,27,29). The number of carbonyl (C=O) groups is 1. The van der Waals surface area contributed by atoms with Gasteiger partial charge in [0.2, 0.25) is 5.91 Å². The van der Waals surface area contributed by atoms with E-state index in [4.69, 9.17) is 11.6 Å². The lowest BCUT2D eigenvalue weighted by Crippen LogP contribution is -2.31. The molecule has 1 amide bonds. The van der Waals surface area contributed by atoms with E-state index in [0.29, 0.717) is 21.5 Å². The fourth-order valence-corrected chi connectivity index (χ4v) is 3.46. The average molecular weight is 404 g/mol. The number of rotatable bonds is 5. The van der Waals surface area contributed by atoms with Crippen LogP contribution >= 0.6 is 11.6 Å². The summed E-state index contributed by atoms with van der Waals surface area (Å²) < 4.78 is 0. The molecule has 1 heterocycles. The Labute approximate surface area is 172 Å². The van der Waals surface area contributed by atoms with Crippen molar-refractivity contribution in [3.63, 3.8) is 0 Å². The van der Waals surface area contributed by atoms with Gasteiger partial charge in [-0.2, -0.15) is 5.10 Å². The summed E-state index contributed by atoms with van der Waals surface area (Å²) in [5.41, 5.74) is 2.14. The van der Waals surface area contributed by atoms with Gasteiger partial charge in [-0.25, -0.2) is 5.10 Å². The molecule has 0 aliphatic carbocycles. The highest BCUT2D eigenvalue weighted by atomic mass is 35.5. The van der Waals surface area contributed by atoms with E-state index in [9.17, 15) is 9.59 Å². The Hall–Kier alpha value is -3.44. The molecule has 0 saturated heterocycles. The van der Waals surface area contributed by atoms with Gasteiger partial charge in [0.1, 0.15) is 0 Å². The van der Waals surface area contributed by atoms with Gasteiger partial charge in [0.15, 0.2) is 0 Å². The fraction of sp³-hybridized carbons (Fsp3) is 0.0870. The minimum Gasteiger partial charge on any atom is -0.345 e. The van der Waals surface area contributed by atoms with Crippen LogP contribution in [0.5, 0.6) is 0 Å². The molecule has 29 heavy (non-hydrogen) atoms. The van der Waals surface area contributed by atoms with E-state index in [1.807, 2.05) is 48.5 Å². The number of nitrogens with one attached hydrogen (secondary N) is 2. The number of aromatic nitrogens is 2. The molecule has 1 unspecified atom stereocenters.